The van der Waals surface area contributed by atoms with Crippen LogP contribution < -0.4 is 0 Å². The molecule has 20 heavy (non-hydrogen) atoms. The van der Waals surface area contributed by atoms with E-state index in [1.807, 2.05) is 26.0 Å². The van der Waals surface area contributed by atoms with Crippen LogP contribution in [0.2, 0.25) is 5.15 Å². The third-order valence-electron chi connectivity index (χ3n) is 2.81. The lowest BCUT2D eigenvalue weighted by Crippen LogP contribution is -2.30. The summed E-state index contributed by atoms with van der Waals surface area (Å²) >= 11 is 11.0. The van der Waals surface area contributed by atoms with Crippen molar-refractivity contribution in [3.63, 3.8) is 0 Å². The third-order valence-corrected chi connectivity index (χ3v) is 4.62. The van der Waals surface area contributed by atoms with Crippen LogP contribution in [0.1, 0.15) is 27.9 Å². The predicted octanol–water partition coefficient (Wildman–Crippen LogP) is 4.53. The maximum atomic E-state index is 12.5. The second-order valence-corrected chi connectivity index (χ2v) is 7.28. The van der Waals surface area contributed by atoms with Crippen LogP contribution in [0.15, 0.2) is 28.1 Å². The zero-order valence-electron chi connectivity index (χ0n) is 11.2. The molecule has 1 amide bonds. The molecule has 0 atom stereocenters. The molecule has 2 rings (SSSR count). The Morgan fingerprint density at radius 3 is 2.75 bits per heavy atom. The van der Waals surface area contributed by atoms with Crippen molar-refractivity contribution in [1.29, 1.82) is 0 Å². The second kappa shape index (κ2) is 6.70. The first-order chi connectivity index (χ1) is 9.49. The first-order valence-corrected chi connectivity index (χ1v) is 8.16. The number of pyridine rings is 1. The molecule has 2 aromatic heterocycles. The molecule has 0 saturated heterocycles. The number of aryl methyl sites for hydroxylation is 1. The highest BCUT2D eigenvalue weighted by atomic mass is 79.9. The van der Waals surface area contributed by atoms with E-state index < -0.39 is 0 Å². The average molecular weight is 374 g/mol. The lowest BCUT2D eigenvalue weighted by Gasteiger charge is -2.20. The number of halogens is 2. The Balaban J connectivity index is 2.20. The largest absolute Gasteiger partial charge is 0.334 e. The van der Waals surface area contributed by atoms with Gasteiger partial charge >= 0.3 is 0 Å². The summed E-state index contributed by atoms with van der Waals surface area (Å²) in [4.78, 5) is 19.5. The molecule has 0 saturated carbocycles. The Morgan fingerprint density at radius 1 is 1.45 bits per heavy atom. The van der Waals surface area contributed by atoms with E-state index in [1.54, 1.807) is 28.4 Å². The van der Waals surface area contributed by atoms with E-state index in [0.717, 1.165) is 14.4 Å². The van der Waals surface area contributed by atoms with Gasteiger partial charge in [-0.2, -0.15) is 0 Å². The maximum absolute atomic E-state index is 12.5. The molecule has 0 aliphatic carbocycles. The van der Waals surface area contributed by atoms with Crippen LogP contribution in [0.25, 0.3) is 0 Å². The quantitative estimate of drug-likeness (QED) is 0.738. The highest BCUT2D eigenvalue weighted by molar-refractivity contribution is 9.11. The normalized spacial score (nSPS) is 10.6. The van der Waals surface area contributed by atoms with E-state index in [9.17, 15) is 4.79 Å². The molecule has 0 aliphatic heterocycles. The minimum atomic E-state index is -0.0237. The standard InChI is InChI=1S/C14H14BrClN2OS/c1-3-18(8-11-4-5-12(15)20-11)14(19)10-6-9(2)17-13(16)7-10/h4-7H,3,8H2,1-2H3. The van der Waals surface area contributed by atoms with Crippen molar-refractivity contribution in [3.05, 3.63) is 49.3 Å². The van der Waals surface area contributed by atoms with Gasteiger partial charge in [-0.25, -0.2) is 4.98 Å². The summed E-state index contributed by atoms with van der Waals surface area (Å²) in [6, 6.07) is 7.40. The fourth-order valence-corrected chi connectivity index (χ4v) is 3.64. The van der Waals surface area contributed by atoms with E-state index in [1.165, 1.54) is 0 Å². The van der Waals surface area contributed by atoms with Gasteiger partial charge < -0.3 is 4.90 Å². The van der Waals surface area contributed by atoms with Crippen LogP contribution in [-0.2, 0) is 6.54 Å². The Bertz CT molecular complexity index is 609. The molecule has 0 spiro atoms. The van der Waals surface area contributed by atoms with E-state index in [2.05, 4.69) is 20.9 Å². The van der Waals surface area contributed by atoms with Crippen molar-refractivity contribution < 1.29 is 4.79 Å². The molecular formula is C14H14BrClN2OS. The number of amides is 1. The molecule has 0 fully saturated rings. The van der Waals surface area contributed by atoms with E-state index >= 15 is 0 Å². The van der Waals surface area contributed by atoms with Gasteiger partial charge in [0.1, 0.15) is 5.15 Å². The van der Waals surface area contributed by atoms with Gasteiger partial charge in [-0.05, 0) is 54.0 Å². The lowest BCUT2D eigenvalue weighted by atomic mass is 10.2. The van der Waals surface area contributed by atoms with Gasteiger partial charge in [0, 0.05) is 22.7 Å². The fourth-order valence-electron chi connectivity index (χ4n) is 1.89. The van der Waals surface area contributed by atoms with Gasteiger partial charge in [-0.1, -0.05) is 11.6 Å². The van der Waals surface area contributed by atoms with Crippen molar-refractivity contribution >= 4 is 44.8 Å². The topological polar surface area (TPSA) is 33.2 Å². The molecule has 0 aliphatic rings. The maximum Gasteiger partial charge on any atom is 0.254 e. The lowest BCUT2D eigenvalue weighted by molar-refractivity contribution is 0.0754. The molecule has 3 nitrogen and oxygen atoms in total. The number of carbonyl (C=O) groups excluding carboxylic acids is 1. The molecule has 6 heteroatoms. The number of aromatic nitrogens is 1. The van der Waals surface area contributed by atoms with Crippen molar-refractivity contribution in [2.45, 2.75) is 20.4 Å². The first-order valence-electron chi connectivity index (χ1n) is 6.17. The van der Waals surface area contributed by atoms with E-state index in [-0.39, 0.29) is 5.91 Å². The monoisotopic (exact) mass is 372 g/mol. The Hall–Kier alpha value is -0.910. The van der Waals surface area contributed by atoms with Crippen molar-refractivity contribution in [2.24, 2.45) is 0 Å². The Morgan fingerprint density at radius 2 is 2.20 bits per heavy atom. The highest BCUT2D eigenvalue weighted by Crippen LogP contribution is 2.24. The van der Waals surface area contributed by atoms with Crippen molar-refractivity contribution in [1.82, 2.24) is 9.88 Å². The van der Waals surface area contributed by atoms with Crippen LogP contribution in [0.5, 0.6) is 0 Å². The molecule has 0 aromatic carbocycles. The van der Waals surface area contributed by atoms with E-state index in [0.29, 0.717) is 23.8 Å². The molecule has 0 N–H and O–H groups in total. The Kier molecular flexibility index (Phi) is 5.18. The van der Waals surface area contributed by atoms with Gasteiger partial charge in [-0.3, -0.25) is 4.79 Å². The SMILES string of the molecule is CCN(Cc1ccc(Br)s1)C(=O)c1cc(C)nc(Cl)c1. The molecule has 2 aromatic rings. The van der Waals surface area contributed by atoms with Crippen LogP contribution >= 0.6 is 38.9 Å². The summed E-state index contributed by atoms with van der Waals surface area (Å²) in [7, 11) is 0. The molecule has 0 unspecified atom stereocenters. The second-order valence-electron chi connectivity index (χ2n) is 4.35. The molecule has 0 radical (unpaired) electrons. The number of carbonyl (C=O) groups is 1. The minimum Gasteiger partial charge on any atom is -0.334 e. The van der Waals surface area contributed by atoms with Gasteiger partial charge in [-0.15, -0.1) is 11.3 Å². The molecule has 0 bridgehead atoms. The summed E-state index contributed by atoms with van der Waals surface area (Å²) in [5, 5.41) is 0.350. The molecule has 106 valence electrons. The van der Waals surface area contributed by atoms with E-state index in [4.69, 9.17) is 11.6 Å². The number of rotatable bonds is 4. The zero-order chi connectivity index (χ0) is 14.7. The third kappa shape index (κ3) is 3.81. The van der Waals surface area contributed by atoms with Gasteiger partial charge in [0.05, 0.1) is 10.3 Å². The average Bonchev–Trinajstić information content (AvgIpc) is 2.79. The van der Waals surface area contributed by atoms with Gasteiger partial charge in [0.25, 0.3) is 5.91 Å². The van der Waals surface area contributed by atoms with Crippen LogP contribution in [0.3, 0.4) is 0 Å². The fraction of sp³-hybridized carbons (Fsp3) is 0.286. The van der Waals surface area contributed by atoms with Crippen LogP contribution in [-0.4, -0.2) is 22.3 Å². The number of hydrogen-bond acceptors (Lipinski definition) is 3. The summed E-state index contributed by atoms with van der Waals surface area (Å²) in [6.45, 7) is 5.05. The van der Waals surface area contributed by atoms with Crippen LogP contribution in [0, 0.1) is 6.92 Å². The molecule has 2 heterocycles. The summed E-state index contributed by atoms with van der Waals surface area (Å²) < 4.78 is 1.07. The zero-order valence-corrected chi connectivity index (χ0v) is 14.3. The number of thiophene rings is 1. The summed E-state index contributed by atoms with van der Waals surface area (Å²) in [6.07, 6.45) is 0. The highest BCUT2D eigenvalue weighted by Gasteiger charge is 2.16. The molecular weight excluding hydrogens is 360 g/mol. The Labute approximate surface area is 135 Å². The van der Waals surface area contributed by atoms with Crippen LogP contribution in [0.4, 0.5) is 0 Å². The van der Waals surface area contributed by atoms with Gasteiger partial charge in [0.15, 0.2) is 0 Å². The minimum absolute atomic E-state index is 0.0237. The van der Waals surface area contributed by atoms with Crippen molar-refractivity contribution in [3.8, 4) is 0 Å². The smallest absolute Gasteiger partial charge is 0.254 e. The first kappa shape index (κ1) is 15.5. The number of hydrogen-bond donors (Lipinski definition) is 0. The summed E-state index contributed by atoms with van der Waals surface area (Å²) in [5.74, 6) is -0.0237. The number of nitrogens with zero attached hydrogens (tertiary/aromatic N) is 2. The summed E-state index contributed by atoms with van der Waals surface area (Å²) in [5.41, 5.74) is 1.33. The predicted molar refractivity (Wildman–Crippen MR) is 86.4 cm³/mol. The van der Waals surface area contributed by atoms with Crippen molar-refractivity contribution in [2.75, 3.05) is 6.54 Å². The van der Waals surface area contributed by atoms with Gasteiger partial charge in [0.2, 0.25) is 0 Å².